The highest BCUT2D eigenvalue weighted by atomic mass is 32.2. The lowest BCUT2D eigenvalue weighted by atomic mass is 10.1. The van der Waals surface area contributed by atoms with Crippen molar-refractivity contribution in [2.45, 2.75) is 16.6 Å². The van der Waals surface area contributed by atoms with E-state index in [9.17, 15) is 17.6 Å². The van der Waals surface area contributed by atoms with Gasteiger partial charge in [-0.3, -0.25) is 0 Å². The molecule has 0 N–H and O–H groups in total. The predicted molar refractivity (Wildman–Crippen MR) is 60.8 cm³/mol. The fourth-order valence-electron chi connectivity index (χ4n) is 1.43. The lowest BCUT2D eigenvalue weighted by Gasteiger charge is -2.14. The number of fused-ring (bicyclic) bond motifs is 1. The molecule has 0 saturated carbocycles. The zero-order chi connectivity index (χ0) is 12.5. The van der Waals surface area contributed by atoms with E-state index >= 15 is 0 Å². The molecule has 0 unspecified atom stereocenters. The van der Waals surface area contributed by atoms with Crippen LogP contribution in [0.1, 0.15) is 0 Å². The molecule has 2 aromatic rings. The maximum absolute atomic E-state index is 12.8. The molecule has 17 heavy (non-hydrogen) atoms. The van der Waals surface area contributed by atoms with Crippen LogP contribution in [0.25, 0.3) is 10.8 Å². The molecule has 0 aliphatic heterocycles. The van der Waals surface area contributed by atoms with E-state index in [1.54, 1.807) is 18.2 Å². The molecule has 2 rings (SSSR count). The number of thioether (sulfide) groups is 1. The fourth-order valence-corrected chi connectivity index (χ4v) is 2.16. The van der Waals surface area contributed by atoms with Gasteiger partial charge in [0.05, 0.1) is 0 Å². The van der Waals surface area contributed by atoms with Crippen molar-refractivity contribution >= 4 is 22.5 Å². The highest BCUT2D eigenvalue weighted by Gasteiger charge is 2.41. The lowest BCUT2D eigenvalue weighted by Crippen LogP contribution is -2.21. The standard InChI is InChI=1S/C12H8F4S/c13-11(14)12(15,16)17-10-6-5-8-3-1-2-4-9(8)7-10/h1-7,11H. The van der Waals surface area contributed by atoms with Crippen LogP contribution in [0.4, 0.5) is 17.6 Å². The van der Waals surface area contributed by atoms with E-state index in [0.29, 0.717) is 0 Å². The summed E-state index contributed by atoms with van der Waals surface area (Å²) in [7, 11) is 0. The summed E-state index contributed by atoms with van der Waals surface area (Å²) in [4.78, 5) is 0.133. The van der Waals surface area contributed by atoms with Crippen molar-refractivity contribution in [2.75, 3.05) is 0 Å². The molecule has 0 radical (unpaired) electrons. The second-order valence-electron chi connectivity index (χ2n) is 3.47. The Hall–Kier alpha value is -1.23. The van der Waals surface area contributed by atoms with Crippen LogP contribution in [-0.2, 0) is 0 Å². The van der Waals surface area contributed by atoms with Crippen molar-refractivity contribution in [3.8, 4) is 0 Å². The Morgan fingerprint density at radius 3 is 2.24 bits per heavy atom. The van der Waals surface area contributed by atoms with Gasteiger partial charge in [0.25, 0.3) is 0 Å². The summed E-state index contributed by atoms with van der Waals surface area (Å²) < 4.78 is 49.8. The van der Waals surface area contributed by atoms with Gasteiger partial charge >= 0.3 is 11.7 Å². The SMILES string of the molecule is FC(F)C(F)(F)Sc1ccc2ccccc2c1. The maximum Gasteiger partial charge on any atom is 0.357 e. The summed E-state index contributed by atoms with van der Waals surface area (Å²) in [5.41, 5.74) is 0. The van der Waals surface area contributed by atoms with Gasteiger partial charge in [-0.2, -0.15) is 8.78 Å². The molecule has 0 heterocycles. The van der Waals surface area contributed by atoms with Crippen LogP contribution in [0.2, 0.25) is 0 Å². The van der Waals surface area contributed by atoms with Gasteiger partial charge in [0.15, 0.2) is 0 Å². The lowest BCUT2D eigenvalue weighted by molar-refractivity contribution is -0.0563. The zero-order valence-electron chi connectivity index (χ0n) is 8.54. The van der Waals surface area contributed by atoms with Gasteiger partial charge in [-0.05, 0) is 34.7 Å². The Morgan fingerprint density at radius 1 is 0.941 bits per heavy atom. The highest BCUT2D eigenvalue weighted by molar-refractivity contribution is 8.00. The molecule has 90 valence electrons. The van der Waals surface area contributed by atoms with E-state index in [2.05, 4.69) is 0 Å². The average Bonchev–Trinajstić information content (AvgIpc) is 2.28. The minimum atomic E-state index is -4.05. The normalized spacial score (nSPS) is 12.3. The van der Waals surface area contributed by atoms with Crippen LogP contribution < -0.4 is 0 Å². The summed E-state index contributed by atoms with van der Waals surface area (Å²) in [5, 5.41) is -2.41. The van der Waals surface area contributed by atoms with E-state index < -0.39 is 11.7 Å². The first kappa shape index (κ1) is 12.2. The summed E-state index contributed by atoms with van der Waals surface area (Å²) in [6.45, 7) is 0. The molecular formula is C12H8F4S. The second kappa shape index (κ2) is 4.56. The topological polar surface area (TPSA) is 0 Å². The van der Waals surface area contributed by atoms with Gasteiger partial charge < -0.3 is 0 Å². The Morgan fingerprint density at radius 2 is 1.59 bits per heavy atom. The van der Waals surface area contributed by atoms with E-state index in [4.69, 9.17) is 0 Å². The van der Waals surface area contributed by atoms with Crippen molar-refractivity contribution in [2.24, 2.45) is 0 Å². The Balaban J connectivity index is 2.31. The van der Waals surface area contributed by atoms with Gasteiger partial charge in [-0.25, -0.2) is 8.78 Å². The molecule has 0 saturated heterocycles. The first-order chi connectivity index (χ1) is 7.99. The van der Waals surface area contributed by atoms with Crippen molar-refractivity contribution in [1.82, 2.24) is 0 Å². The van der Waals surface area contributed by atoms with Crippen molar-refractivity contribution in [1.29, 1.82) is 0 Å². The average molecular weight is 260 g/mol. The van der Waals surface area contributed by atoms with Crippen LogP contribution in [0, 0.1) is 0 Å². The van der Waals surface area contributed by atoms with Gasteiger partial charge in [0.1, 0.15) is 0 Å². The van der Waals surface area contributed by atoms with Crippen molar-refractivity contribution in [3.63, 3.8) is 0 Å². The molecule has 0 aliphatic carbocycles. The third-order valence-corrected chi connectivity index (χ3v) is 3.17. The minimum Gasteiger partial charge on any atom is -0.202 e. The first-order valence-electron chi connectivity index (χ1n) is 4.83. The third-order valence-electron chi connectivity index (χ3n) is 2.23. The van der Waals surface area contributed by atoms with Crippen molar-refractivity contribution < 1.29 is 17.6 Å². The van der Waals surface area contributed by atoms with Gasteiger partial charge in [0.2, 0.25) is 0 Å². The van der Waals surface area contributed by atoms with Crippen molar-refractivity contribution in [3.05, 3.63) is 42.5 Å². The molecule has 5 heteroatoms. The molecule has 0 atom stereocenters. The minimum absolute atomic E-state index is 0.115. The first-order valence-corrected chi connectivity index (χ1v) is 5.64. The smallest absolute Gasteiger partial charge is 0.202 e. The molecule has 0 bridgehead atoms. The number of benzene rings is 2. The van der Waals surface area contributed by atoms with Crippen LogP contribution >= 0.6 is 11.8 Å². The van der Waals surface area contributed by atoms with Gasteiger partial charge in [-0.1, -0.05) is 30.3 Å². The summed E-state index contributed by atoms with van der Waals surface area (Å²) in [6, 6.07) is 11.7. The number of rotatable bonds is 3. The Bertz CT molecular complexity index is 525. The van der Waals surface area contributed by atoms with Crippen LogP contribution in [0.3, 0.4) is 0 Å². The molecule has 2 aromatic carbocycles. The number of alkyl halides is 4. The quantitative estimate of drug-likeness (QED) is 0.564. The summed E-state index contributed by atoms with van der Waals surface area (Å²) in [6.07, 6.45) is -3.67. The largest absolute Gasteiger partial charge is 0.357 e. The molecule has 0 fully saturated rings. The number of halogens is 4. The van der Waals surface area contributed by atoms with Gasteiger partial charge in [-0.15, -0.1) is 0 Å². The Labute approximate surface area is 99.6 Å². The van der Waals surface area contributed by atoms with E-state index in [0.717, 1.165) is 10.8 Å². The maximum atomic E-state index is 12.8. The molecule has 0 nitrogen and oxygen atoms in total. The summed E-state index contributed by atoms with van der Waals surface area (Å²) in [5.74, 6) is 0. The fraction of sp³-hybridized carbons (Fsp3) is 0.167. The van der Waals surface area contributed by atoms with Crippen LogP contribution in [-0.4, -0.2) is 11.7 Å². The molecule has 0 spiro atoms. The van der Waals surface area contributed by atoms with Crippen LogP contribution in [0.15, 0.2) is 47.4 Å². The third kappa shape index (κ3) is 2.72. The number of hydrogen-bond donors (Lipinski definition) is 0. The summed E-state index contributed by atoms with van der Waals surface area (Å²) >= 11 is -0.115. The number of hydrogen-bond acceptors (Lipinski definition) is 1. The molecular weight excluding hydrogens is 252 g/mol. The zero-order valence-corrected chi connectivity index (χ0v) is 9.36. The molecule has 0 aromatic heterocycles. The van der Waals surface area contributed by atoms with Gasteiger partial charge in [0, 0.05) is 4.90 Å². The monoisotopic (exact) mass is 260 g/mol. The van der Waals surface area contributed by atoms with Crippen LogP contribution in [0.5, 0.6) is 0 Å². The van der Waals surface area contributed by atoms with E-state index in [1.165, 1.54) is 12.1 Å². The van der Waals surface area contributed by atoms with E-state index in [1.807, 2.05) is 12.1 Å². The predicted octanol–water partition coefficient (Wildman–Crippen LogP) is 4.79. The molecule has 0 aliphatic rings. The van der Waals surface area contributed by atoms with E-state index in [-0.39, 0.29) is 16.7 Å². The molecule has 0 amide bonds. The highest BCUT2D eigenvalue weighted by Crippen LogP contribution is 2.41. The Kier molecular flexibility index (Phi) is 3.28. The second-order valence-corrected chi connectivity index (χ2v) is 4.69.